The Morgan fingerprint density at radius 2 is 1.89 bits per heavy atom. The second-order valence-corrected chi connectivity index (χ2v) is 5.16. The fourth-order valence-electron chi connectivity index (χ4n) is 2.47. The molecule has 0 aliphatic carbocycles. The lowest BCUT2D eigenvalue weighted by molar-refractivity contribution is 0.245. The van der Waals surface area contributed by atoms with Crippen LogP contribution in [0.4, 0.5) is 0 Å². The Bertz CT molecular complexity index is 365. The highest BCUT2D eigenvalue weighted by molar-refractivity contribution is 4.79. The molecule has 0 aromatic carbocycles. The second kappa shape index (κ2) is 7.52. The first-order chi connectivity index (χ1) is 9.28. The van der Waals surface area contributed by atoms with Gasteiger partial charge in [-0.3, -0.25) is 4.90 Å². The molecule has 1 aliphatic heterocycles. The Kier molecular flexibility index (Phi) is 5.68. The summed E-state index contributed by atoms with van der Waals surface area (Å²) in [6.45, 7) is 7.31. The molecule has 0 atom stereocenters. The summed E-state index contributed by atoms with van der Waals surface area (Å²) >= 11 is 0. The standard InChI is InChI=1S/C12H25N7/c1-17-15-12(14-16-17)11-19-8-4-7-18(9-10-19)6-3-2-5-13/h2-11,13H2,1H3. The molecule has 2 N–H and O–H groups in total. The molecule has 1 fully saturated rings. The van der Waals surface area contributed by atoms with E-state index in [4.69, 9.17) is 5.73 Å². The number of hydrogen-bond acceptors (Lipinski definition) is 6. The van der Waals surface area contributed by atoms with Crippen LogP contribution in [0.5, 0.6) is 0 Å². The largest absolute Gasteiger partial charge is 0.330 e. The molecule has 2 heterocycles. The van der Waals surface area contributed by atoms with Crippen LogP contribution < -0.4 is 5.73 Å². The van der Waals surface area contributed by atoms with Crippen LogP contribution in [0.3, 0.4) is 0 Å². The monoisotopic (exact) mass is 267 g/mol. The van der Waals surface area contributed by atoms with Gasteiger partial charge in [0.05, 0.1) is 13.6 Å². The highest BCUT2D eigenvalue weighted by atomic mass is 15.6. The van der Waals surface area contributed by atoms with Crippen molar-refractivity contribution in [3.05, 3.63) is 5.82 Å². The third-order valence-electron chi connectivity index (χ3n) is 3.52. The van der Waals surface area contributed by atoms with Gasteiger partial charge in [0.15, 0.2) is 5.82 Å². The van der Waals surface area contributed by atoms with Gasteiger partial charge >= 0.3 is 0 Å². The summed E-state index contributed by atoms with van der Waals surface area (Å²) in [7, 11) is 1.80. The van der Waals surface area contributed by atoms with Crippen LogP contribution in [0.2, 0.25) is 0 Å². The SMILES string of the molecule is Cn1nnc(CN2CCCN(CCCCN)CC2)n1. The van der Waals surface area contributed by atoms with Crippen molar-refractivity contribution < 1.29 is 0 Å². The first-order valence-corrected chi connectivity index (χ1v) is 7.15. The van der Waals surface area contributed by atoms with Crippen molar-refractivity contribution in [2.45, 2.75) is 25.8 Å². The van der Waals surface area contributed by atoms with Gasteiger partial charge in [-0.1, -0.05) is 0 Å². The highest BCUT2D eigenvalue weighted by Gasteiger charge is 2.16. The Labute approximate surface area is 114 Å². The van der Waals surface area contributed by atoms with E-state index < -0.39 is 0 Å². The number of tetrazole rings is 1. The molecule has 1 aliphatic rings. The predicted molar refractivity (Wildman–Crippen MR) is 73.4 cm³/mol. The maximum absolute atomic E-state index is 5.54. The smallest absolute Gasteiger partial charge is 0.188 e. The van der Waals surface area contributed by atoms with E-state index in [1.807, 2.05) is 0 Å². The molecule has 7 heteroatoms. The lowest BCUT2D eigenvalue weighted by Crippen LogP contribution is -2.31. The van der Waals surface area contributed by atoms with Crippen molar-refractivity contribution >= 4 is 0 Å². The Hall–Kier alpha value is -1.05. The molecule has 0 amide bonds. The van der Waals surface area contributed by atoms with Crippen molar-refractivity contribution in [1.82, 2.24) is 30.0 Å². The third-order valence-corrected chi connectivity index (χ3v) is 3.52. The molecule has 0 spiro atoms. The number of nitrogens with zero attached hydrogens (tertiary/aromatic N) is 6. The van der Waals surface area contributed by atoms with Crippen LogP contribution in [0.1, 0.15) is 25.1 Å². The van der Waals surface area contributed by atoms with E-state index in [9.17, 15) is 0 Å². The summed E-state index contributed by atoms with van der Waals surface area (Å²) in [5.41, 5.74) is 5.54. The molecule has 19 heavy (non-hydrogen) atoms. The van der Waals surface area contributed by atoms with Crippen LogP contribution in [0.25, 0.3) is 0 Å². The fourth-order valence-corrected chi connectivity index (χ4v) is 2.47. The maximum atomic E-state index is 5.54. The molecular formula is C12H25N7. The normalized spacial score (nSPS) is 18.6. The Balaban J connectivity index is 1.73. The molecule has 2 rings (SSSR count). The van der Waals surface area contributed by atoms with Gasteiger partial charge in [-0.2, -0.15) is 4.80 Å². The first-order valence-electron chi connectivity index (χ1n) is 7.15. The van der Waals surface area contributed by atoms with Gasteiger partial charge in [-0.25, -0.2) is 0 Å². The van der Waals surface area contributed by atoms with E-state index >= 15 is 0 Å². The summed E-state index contributed by atoms with van der Waals surface area (Å²) in [5.74, 6) is 0.819. The first kappa shape index (κ1) is 14.4. The Morgan fingerprint density at radius 1 is 1.11 bits per heavy atom. The summed E-state index contributed by atoms with van der Waals surface area (Å²) < 4.78 is 0. The third kappa shape index (κ3) is 4.85. The summed E-state index contributed by atoms with van der Waals surface area (Å²) in [4.78, 5) is 6.48. The summed E-state index contributed by atoms with van der Waals surface area (Å²) in [6.07, 6.45) is 3.55. The van der Waals surface area contributed by atoms with Gasteiger partial charge in [0, 0.05) is 13.1 Å². The quantitative estimate of drug-likeness (QED) is 0.697. The number of unbranched alkanes of at least 4 members (excludes halogenated alkanes) is 1. The molecular weight excluding hydrogens is 242 g/mol. The van der Waals surface area contributed by atoms with Gasteiger partial charge in [-0.15, -0.1) is 10.2 Å². The van der Waals surface area contributed by atoms with E-state index in [1.165, 1.54) is 30.7 Å². The average molecular weight is 267 g/mol. The zero-order chi connectivity index (χ0) is 13.5. The molecule has 108 valence electrons. The lowest BCUT2D eigenvalue weighted by Gasteiger charge is -2.20. The van der Waals surface area contributed by atoms with Crippen LogP contribution in [-0.2, 0) is 13.6 Å². The van der Waals surface area contributed by atoms with E-state index in [0.29, 0.717) is 0 Å². The molecule has 1 saturated heterocycles. The van der Waals surface area contributed by atoms with Crippen LogP contribution in [0.15, 0.2) is 0 Å². The van der Waals surface area contributed by atoms with E-state index in [2.05, 4.69) is 25.2 Å². The number of aromatic nitrogens is 4. The molecule has 0 radical (unpaired) electrons. The lowest BCUT2D eigenvalue weighted by atomic mass is 10.3. The van der Waals surface area contributed by atoms with Gasteiger partial charge in [-0.05, 0) is 50.7 Å². The molecule has 0 saturated carbocycles. The minimum Gasteiger partial charge on any atom is -0.330 e. The molecule has 0 unspecified atom stereocenters. The highest BCUT2D eigenvalue weighted by Crippen LogP contribution is 2.06. The van der Waals surface area contributed by atoms with Crippen molar-refractivity contribution in [1.29, 1.82) is 0 Å². The van der Waals surface area contributed by atoms with E-state index in [0.717, 1.165) is 45.0 Å². The topological polar surface area (TPSA) is 76.1 Å². The van der Waals surface area contributed by atoms with E-state index in [-0.39, 0.29) is 0 Å². The number of nitrogens with two attached hydrogens (primary N) is 1. The number of hydrogen-bond donors (Lipinski definition) is 1. The number of aryl methyl sites for hydroxylation is 1. The Morgan fingerprint density at radius 3 is 2.63 bits per heavy atom. The zero-order valence-electron chi connectivity index (χ0n) is 11.8. The van der Waals surface area contributed by atoms with Crippen molar-refractivity contribution in [3.8, 4) is 0 Å². The predicted octanol–water partition coefficient (Wildman–Crippen LogP) is -0.543. The fraction of sp³-hybridized carbons (Fsp3) is 0.917. The van der Waals surface area contributed by atoms with E-state index in [1.54, 1.807) is 7.05 Å². The number of rotatable bonds is 6. The van der Waals surface area contributed by atoms with Gasteiger partial charge < -0.3 is 10.6 Å². The van der Waals surface area contributed by atoms with Crippen LogP contribution >= 0.6 is 0 Å². The van der Waals surface area contributed by atoms with Crippen molar-refractivity contribution in [3.63, 3.8) is 0 Å². The molecule has 7 nitrogen and oxygen atoms in total. The molecule has 1 aromatic rings. The maximum Gasteiger partial charge on any atom is 0.188 e. The minimum atomic E-state index is 0.804. The van der Waals surface area contributed by atoms with Gasteiger partial charge in [0.2, 0.25) is 0 Å². The van der Waals surface area contributed by atoms with Gasteiger partial charge in [0.25, 0.3) is 0 Å². The molecule has 1 aromatic heterocycles. The van der Waals surface area contributed by atoms with Crippen LogP contribution in [-0.4, -0.2) is 69.3 Å². The zero-order valence-corrected chi connectivity index (χ0v) is 11.8. The van der Waals surface area contributed by atoms with Gasteiger partial charge in [0.1, 0.15) is 0 Å². The van der Waals surface area contributed by atoms with Crippen molar-refractivity contribution in [2.24, 2.45) is 12.8 Å². The average Bonchev–Trinajstić information content (AvgIpc) is 2.67. The van der Waals surface area contributed by atoms with Crippen molar-refractivity contribution in [2.75, 3.05) is 39.3 Å². The second-order valence-electron chi connectivity index (χ2n) is 5.16. The summed E-state index contributed by atoms with van der Waals surface area (Å²) in [5, 5.41) is 12.2. The molecule has 0 bridgehead atoms. The van der Waals surface area contributed by atoms with Crippen LogP contribution in [0, 0.1) is 0 Å². The summed E-state index contributed by atoms with van der Waals surface area (Å²) in [6, 6.07) is 0. The minimum absolute atomic E-state index is 0.804.